The molecule has 1 atom stereocenters. The van der Waals surface area contributed by atoms with Gasteiger partial charge in [-0.3, -0.25) is 10.1 Å². The predicted molar refractivity (Wildman–Crippen MR) is 66.8 cm³/mol. The van der Waals surface area contributed by atoms with Crippen molar-refractivity contribution in [2.24, 2.45) is 5.73 Å². The van der Waals surface area contributed by atoms with E-state index in [1.165, 1.54) is 23.5 Å². The Hall–Kier alpha value is -1.79. The number of non-ortho nitro benzene ring substituents is 1. The fraction of sp³-hybridized carbons (Fsp3) is 0.182. The average molecular weight is 249 g/mol. The predicted octanol–water partition coefficient (Wildman–Crippen LogP) is 2.74. The topological polar surface area (TPSA) is 82.0 Å². The summed E-state index contributed by atoms with van der Waals surface area (Å²) in [4.78, 5) is 14.6. The van der Waals surface area contributed by atoms with Gasteiger partial charge in [-0.1, -0.05) is 12.1 Å². The molecule has 0 saturated heterocycles. The Morgan fingerprint density at radius 1 is 1.53 bits per heavy atom. The minimum Gasteiger partial charge on any atom is -0.323 e. The first-order chi connectivity index (χ1) is 8.08. The van der Waals surface area contributed by atoms with Crippen molar-refractivity contribution in [3.8, 4) is 10.6 Å². The molecule has 0 aliphatic rings. The monoisotopic (exact) mass is 249 g/mol. The highest BCUT2D eigenvalue weighted by Crippen LogP contribution is 2.28. The molecule has 2 rings (SSSR count). The Morgan fingerprint density at radius 3 is 2.88 bits per heavy atom. The van der Waals surface area contributed by atoms with Crippen LogP contribution in [-0.2, 0) is 0 Å². The van der Waals surface area contributed by atoms with E-state index >= 15 is 0 Å². The molecule has 17 heavy (non-hydrogen) atoms. The zero-order valence-corrected chi connectivity index (χ0v) is 9.98. The molecule has 1 heterocycles. The summed E-state index contributed by atoms with van der Waals surface area (Å²) in [5.74, 6) is 0. The van der Waals surface area contributed by atoms with Gasteiger partial charge >= 0.3 is 0 Å². The van der Waals surface area contributed by atoms with Crippen LogP contribution >= 0.6 is 11.3 Å². The summed E-state index contributed by atoms with van der Waals surface area (Å²) >= 11 is 1.44. The van der Waals surface area contributed by atoms with Crippen LogP contribution in [-0.4, -0.2) is 9.91 Å². The van der Waals surface area contributed by atoms with Gasteiger partial charge in [0.25, 0.3) is 5.69 Å². The maximum atomic E-state index is 10.7. The van der Waals surface area contributed by atoms with E-state index in [1.807, 2.05) is 12.3 Å². The van der Waals surface area contributed by atoms with Crippen molar-refractivity contribution >= 4 is 17.0 Å². The lowest BCUT2D eigenvalue weighted by atomic mass is 10.2. The summed E-state index contributed by atoms with van der Waals surface area (Å²) in [7, 11) is 0. The lowest BCUT2D eigenvalue weighted by Gasteiger charge is -1.98. The van der Waals surface area contributed by atoms with E-state index in [-0.39, 0.29) is 11.7 Å². The number of hydrogen-bond donors (Lipinski definition) is 1. The number of rotatable bonds is 3. The van der Waals surface area contributed by atoms with Crippen molar-refractivity contribution in [3.05, 3.63) is 45.5 Å². The number of thiazole rings is 1. The number of nitrogens with two attached hydrogens (primary N) is 1. The van der Waals surface area contributed by atoms with E-state index in [4.69, 9.17) is 5.73 Å². The quantitative estimate of drug-likeness (QED) is 0.669. The molecule has 88 valence electrons. The second-order valence-electron chi connectivity index (χ2n) is 3.67. The summed E-state index contributed by atoms with van der Waals surface area (Å²) in [5.41, 5.74) is 7.34. The maximum Gasteiger partial charge on any atom is 0.270 e. The molecule has 0 spiro atoms. The fourth-order valence-electron chi connectivity index (χ4n) is 1.38. The molecule has 2 N–H and O–H groups in total. The van der Waals surface area contributed by atoms with Gasteiger partial charge in [-0.15, -0.1) is 11.3 Å². The molecule has 1 unspecified atom stereocenters. The van der Waals surface area contributed by atoms with E-state index in [1.54, 1.807) is 12.1 Å². The highest BCUT2D eigenvalue weighted by atomic mass is 32.1. The summed E-state index contributed by atoms with van der Waals surface area (Å²) in [6, 6.07) is 6.31. The Labute approximate surface area is 102 Å². The van der Waals surface area contributed by atoms with Crippen molar-refractivity contribution in [1.29, 1.82) is 0 Å². The van der Waals surface area contributed by atoms with Gasteiger partial charge in [-0.2, -0.15) is 0 Å². The van der Waals surface area contributed by atoms with Crippen LogP contribution in [0.3, 0.4) is 0 Å². The molecule has 0 aliphatic carbocycles. The van der Waals surface area contributed by atoms with E-state index in [0.717, 1.165) is 16.3 Å². The second kappa shape index (κ2) is 4.60. The summed E-state index contributed by atoms with van der Waals surface area (Å²) in [6.45, 7) is 1.85. The zero-order valence-electron chi connectivity index (χ0n) is 9.16. The normalized spacial score (nSPS) is 12.4. The van der Waals surface area contributed by atoms with Crippen molar-refractivity contribution in [3.63, 3.8) is 0 Å². The van der Waals surface area contributed by atoms with Crippen LogP contribution in [0.1, 0.15) is 18.7 Å². The van der Waals surface area contributed by atoms with Crippen LogP contribution in [0, 0.1) is 10.1 Å². The van der Waals surface area contributed by atoms with Crippen molar-refractivity contribution in [1.82, 2.24) is 4.98 Å². The Morgan fingerprint density at radius 2 is 2.29 bits per heavy atom. The Bertz CT molecular complexity index is 551. The molecular formula is C11H11N3O2S. The molecule has 0 fully saturated rings. The molecular weight excluding hydrogens is 238 g/mol. The van der Waals surface area contributed by atoms with Crippen LogP contribution in [0.5, 0.6) is 0 Å². The standard InChI is InChI=1S/C11H11N3O2S/c1-7(12)10-6-17-11(13-10)8-3-2-4-9(5-8)14(15)16/h2-7H,12H2,1H3. The molecule has 0 aliphatic heterocycles. The number of nitrogens with zero attached hydrogens (tertiary/aromatic N) is 2. The molecule has 0 bridgehead atoms. The summed E-state index contributed by atoms with van der Waals surface area (Å²) < 4.78 is 0. The minimum absolute atomic E-state index is 0.0695. The molecule has 1 aromatic carbocycles. The maximum absolute atomic E-state index is 10.7. The van der Waals surface area contributed by atoms with Crippen LogP contribution in [0.2, 0.25) is 0 Å². The number of benzene rings is 1. The molecule has 5 nitrogen and oxygen atoms in total. The van der Waals surface area contributed by atoms with Crippen LogP contribution in [0.4, 0.5) is 5.69 Å². The van der Waals surface area contributed by atoms with Crippen LogP contribution < -0.4 is 5.73 Å². The fourth-order valence-corrected chi connectivity index (χ4v) is 2.30. The number of nitro benzene ring substituents is 1. The summed E-state index contributed by atoms with van der Waals surface area (Å²) in [5, 5.41) is 13.3. The lowest BCUT2D eigenvalue weighted by molar-refractivity contribution is -0.384. The van der Waals surface area contributed by atoms with Crippen molar-refractivity contribution in [2.75, 3.05) is 0 Å². The first-order valence-corrected chi connectivity index (χ1v) is 5.91. The summed E-state index contributed by atoms with van der Waals surface area (Å²) in [6.07, 6.45) is 0. The van der Waals surface area contributed by atoms with Gasteiger partial charge in [-0.25, -0.2) is 4.98 Å². The number of nitro groups is 1. The van der Waals surface area contributed by atoms with Gasteiger partial charge in [0.2, 0.25) is 0 Å². The Kier molecular flexibility index (Phi) is 3.16. The largest absolute Gasteiger partial charge is 0.323 e. The SMILES string of the molecule is CC(N)c1csc(-c2cccc([N+](=O)[O-])c2)n1. The van der Waals surface area contributed by atoms with Crippen molar-refractivity contribution in [2.45, 2.75) is 13.0 Å². The van der Waals surface area contributed by atoms with Crippen LogP contribution in [0.15, 0.2) is 29.6 Å². The van der Waals surface area contributed by atoms with Gasteiger partial charge < -0.3 is 5.73 Å². The number of hydrogen-bond acceptors (Lipinski definition) is 5. The van der Waals surface area contributed by atoms with Gasteiger partial charge in [-0.05, 0) is 6.92 Å². The number of aromatic nitrogens is 1. The van der Waals surface area contributed by atoms with Crippen molar-refractivity contribution < 1.29 is 4.92 Å². The van der Waals surface area contributed by atoms with Gasteiger partial charge in [0, 0.05) is 29.1 Å². The molecule has 0 amide bonds. The third kappa shape index (κ3) is 2.48. The minimum atomic E-state index is -0.413. The zero-order chi connectivity index (χ0) is 12.4. The van der Waals surface area contributed by atoms with E-state index in [0.29, 0.717) is 0 Å². The molecule has 6 heteroatoms. The van der Waals surface area contributed by atoms with E-state index in [9.17, 15) is 10.1 Å². The smallest absolute Gasteiger partial charge is 0.270 e. The first kappa shape index (κ1) is 11.7. The van der Waals surface area contributed by atoms with E-state index < -0.39 is 4.92 Å². The molecule has 2 aromatic rings. The Balaban J connectivity index is 2.38. The molecule has 0 radical (unpaired) electrons. The van der Waals surface area contributed by atoms with Gasteiger partial charge in [0.05, 0.1) is 10.6 Å². The molecule has 0 saturated carbocycles. The first-order valence-electron chi connectivity index (χ1n) is 5.04. The third-order valence-corrected chi connectivity index (χ3v) is 3.20. The molecule has 1 aromatic heterocycles. The highest BCUT2D eigenvalue weighted by Gasteiger charge is 2.11. The lowest BCUT2D eigenvalue weighted by Crippen LogP contribution is -2.04. The second-order valence-corrected chi connectivity index (χ2v) is 4.53. The van der Waals surface area contributed by atoms with Gasteiger partial charge in [0.15, 0.2) is 0 Å². The van der Waals surface area contributed by atoms with Crippen LogP contribution in [0.25, 0.3) is 10.6 Å². The van der Waals surface area contributed by atoms with E-state index in [2.05, 4.69) is 4.98 Å². The third-order valence-electron chi connectivity index (χ3n) is 2.29. The highest BCUT2D eigenvalue weighted by molar-refractivity contribution is 7.13. The van der Waals surface area contributed by atoms with Gasteiger partial charge in [0.1, 0.15) is 5.01 Å². The average Bonchev–Trinajstić information content (AvgIpc) is 2.78.